The first-order valence-corrected chi connectivity index (χ1v) is 13.6. The molecule has 0 radical (unpaired) electrons. The molecule has 0 saturated carbocycles. The first-order chi connectivity index (χ1) is 17.3. The minimum Gasteiger partial charge on any atom is -0.394 e. The summed E-state index contributed by atoms with van der Waals surface area (Å²) in [4.78, 5) is 43.2. The molecule has 3 amide bonds. The molecule has 0 aromatic heterocycles. The van der Waals surface area contributed by atoms with E-state index < -0.39 is 35.1 Å². The number of aliphatic hydroxyl groups is 1. The van der Waals surface area contributed by atoms with Crippen LogP contribution in [0.15, 0.2) is 30.3 Å². The van der Waals surface area contributed by atoms with Crippen LogP contribution in [-0.4, -0.2) is 64.2 Å². The van der Waals surface area contributed by atoms with Gasteiger partial charge in [0.15, 0.2) is 0 Å². The lowest BCUT2D eigenvalue weighted by atomic mass is 9.65. The van der Waals surface area contributed by atoms with E-state index in [1.807, 2.05) is 51.1 Å². The zero-order valence-corrected chi connectivity index (χ0v) is 22.0. The van der Waals surface area contributed by atoms with Crippen LogP contribution in [0, 0.1) is 11.8 Å². The molecule has 3 unspecified atom stereocenters. The second kappa shape index (κ2) is 10.5. The SMILES string of the molecule is CCCNC(=O)[C@@H]1[C@H]2C(=O)N([C@H](CO)c3ccccc3)C(C(=O)NC(C)CCC)C23CC[C@@]1(CC)O3. The Morgan fingerprint density at radius 1 is 1.14 bits per heavy atom. The van der Waals surface area contributed by atoms with Crippen LogP contribution in [0.3, 0.4) is 0 Å². The lowest BCUT2D eigenvalue weighted by molar-refractivity contribution is -0.151. The zero-order chi connectivity index (χ0) is 26.1. The molecule has 3 heterocycles. The van der Waals surface area contributed by atoms with E-state index in [1.54, 1.807) is 0 Å². The van der Waals surface area contributed by atoms with Crippen molar-refractivity contribution in [2.75, 3.05) is 13.2 Å². The molecule has 7 atom stereocenters. The Morgan fingerprint density at radius 3 is 2.47 bits per heavy atom. The van der Waals surface area contributed by atoms with Crippen LogP contribution in [0.25, 0.3) is 0 Å². The van der Waals surface area contributed by atoms with Crippen molar-refractivity contribution in [2.45, 2.75) is 95.5 Å². The average Bonchev–Trinajstić information content (AvgIpc) is 3.48. The number of amides is 3. The number of hydrogen-bond acceptors (Lipinski definition) is 5. The van der Waals surface area contributed by atoms with Crippen LogP contribution in [0.5, 0.6) is 0 Å². The Balaban J connectivity index is 1.81. The summed E-state index contributed by atoms with van der Waals surface area (Å²) in [5.41, 5.74) is -1.12. The van der Waals surface area contributed by atoms with E-state index in [4.69, 9.17) is 4.74 Å². The number of carbonyl (C=O) groups is 3. The van der Waals surface area contributed by atoms with Crippen LogP contribution in [0.4, 0.5) is 0 Å². The number of rotatable bonds is 11. The highest BCUT2D eigenvalue weighted by Crippen LogP contribution is 2.65. The van der Waals surface area contributed by atoms with Gasteiger partial charge in [0.1, 0.15) is 11.6 Å². The van der Waals surface area contributed by atoms with Gasteiger partial charge < -0.3 is 25.4 Å². The zero-order valence-electron chi connectivity index (χ0n) is 22.0. The highest BCUT2D eigenvalue weighted by Gasteiger charge is 2.79. The van der Waals surface area contributed by atoms with Crippen LogP contribution in [0.1, 0.15) is 77.8 Å². The van der Waals surface area contributed by atoms with Crippen molar-refractivity contribution in [3.8, 4) is 0 Å². The van der Waals surface area contributed by atoms with Gasteiger partial charge in [0.25, 0.3) is 0 Å². The highest BCUT2D eigenvalue weighted by molar-refractivity contribution is 5.99. The second-order valence-corrected chi connectivity index (χ2v) is 10.7. The predicted molar refractivity (Wildman–Crippen MR) is 136 cm³/mol. The minimum atomic E-state index is -1.10. The Morgan fingerprint density at radius 2 is 1.86 bits per heavy atom. The molecular formula is C28H41N3O5. The van der Waals surface area contributed by atoms with Crippen molar-refractivity contribution in [2.24, 2.45) is 11.8 Å². The van der Waals surface area contributed by atoms with E-state index in [9.17, 15) is 19.5 Å². The molecule has 0 aliphatic carbocycles. The monoisotopic (exact) mass is 499 g/mol. The van der Waals surface area contributed by atoms with Gasteiger partial charge in [-0.25, -0.2) is 0 Å². The Bertz CT molecular complexity index is 971. The molecule has 198 valence electrons. The molecule has 8 heteroatoms. The number of likely N-dealkylation sites (tertiary alicyclic amines) is 1. The van der Waals surface area contributed by atoms with Crippen LogP contribution < -0.4 is 10.6 Å². The van der Waals surface area contributed by atoms with Crippen LogP contribution in [0.2, 0.25) is 0 Å². The summed E-state index contributed by atoms with van der Waals surface area (Å²) in [6, 6.07) is 7.58. The number of fused-ring (bicyclic) bond motifs is 1. The molecule has 3 aliphatic heterocycles. The smallest absolute Gasteiger partial charge is 0.246 e. The molecule has 4 rings (SSSR count). The predicted octanol–water partition coefficient (Wildman–Crippen LogP) is 2.71. The van der Waals surface area contributed by atoms with Crippen molar-refractivity contribution >= 4 is 17.7 Å². The largest absolute Gasteiger partial charge is 0.394 e. The molecule has 3 saturated heterocycles. The van der Waals surface area contributed by atoms with E-state index in [-0.39, 0.29) is 30.4 Å². The molecule has 1 spiro atoms. The van der Waals surface area contributed by atoms with Gasteiger partial charge in [0.2, 0.25) is 17.7 Å². The summed E-state index contributed by atoms with van der Waals surface area (Å²) in [5, 5.41) is 16.6. The van der Waals surface area contributed by atoms with E-state index in [1.165, 1.54) is 4.90 Å². The molecule has 2 bridgehead atoms. The lowest BCUT2D eigenvalue weighted by Crippen LogP contribution is -2.57. The van der Waals surface area contributed by atoms with Gasteiger partial charge >= 0.3 is 0 Å². The van der Waals surface area contributed by atoms with E-state index in [2.05, 4.69) is 17.6 Å². The maximum absolute atomic E-state index is 14.3. The normalized spacial score (nSPS) is 32.3. The number of aliphatic hydroxyl groups excluding tert-OH is 1. The molecule has 3 fully saturated rings. The molecule has 1 aromatic rings. The van der Waals surface area contributed by atoms with Crippen molar-refractivity contribution in [3.63, 3.8) is 0 Å². The third-order valence-corrected chi connectivity index (χ3v) is 8.50. The maximum atomic E-state index is 14.3. The van der Waals surface area contributed by atoms with E-state index in [0.717, 1.165) is 24.8 Å². The number of nitrogens with one attached hydrogen (secondary N) is 2. The van der Waals surface area contributed by atoms with Crippen molar-refractivity contribution in [3.05, 3.63) is 35.9 Å². The standard InChI is InChI=1S/C28H41N3O5/c1-5-11-18(4)30-25(34)23-28-15-14-27(7-3,36-28)21(24(33)29-16-6-2)22(28)26(35)31(23)20(17-32)19-12-9-8-10-13-19/h8-10,12-13,18,20-23,32H,5-7,11,14-17H2,1-4H3,(H,29,33)(H,30,34)/t18?,20-,21+,22+,23?,27-,28?/m1/s1. The average molecular weight is 500 g/mol. The topological polar surface area (TPSA) is 108 Å². The minimum absolute atomic E-state index is 0.0680. The summed E-state index contributed by atoms with van der Waals surface area (Å²) >= 11 is 0. The van der Waals surface area contributed by atoms with Crippen LogP contribution >= 0.6 is 0 Å². The number of benzene rings is 1. The fourth-order valence-electron chi connectivity index (χ4n) is 6.90. The van der Waals surface area contributed by atoms with Gasteiger partial charge in [0.05, 0.1) is 30.1 Å². The molecule has 3 N–H and O–H groups in total. The third kappa shape index (κ3) is 4.12. The number of hydrogen-bond donors (Lipinski definition) is 3. The molecule has 3 aliphatic rings. The van der Waals surface area contributed by atoms with Gasteiger partial charge in [-0.1, -0.05) is 57.5 Å². The van der Waals surface area contributed by atoms with Crippen molar-refractivity contribution < 1.29 is 24.2 Å². The van der Waals surface area contributed by atoms with Gasteiger partial charge in [-0.15, -0.1) is 0 Å². The maximum Gasteiger partial charge on any atom is 0.246 e. The highest BCUT2D eigenvalue weighted by atomic mass is 16.5. The summed E-state index contributed by atoms with van der Waals surface area (Å²) in [6.07, 6.45) is 4.25. The van der Waals surface area contributed by atoms with Gasteiger partial charge in [-0.3, -0.25) is 14.4 Å². The Labute approximate surface area is 214 Å². The van der Waals surface area contributed by atoms with E-state index >= 15 is 0 Å². The lowest BCUT2D eigenvalue weighted by Gasteiger charge is -2.38. The van der Waals surface area contributed by atoms with Crippen molar-refractivity contribution in [1.29, 1.82) is 0 Å². The van der Waals surface area contributed by atoms with Gasteiger partial charge in [-0.2, -0.15) is 0 Å². The summed E-state index contributed by atoms with van der Waals surface area (Å²) in [6.45, 7) is 8.18. The molecule has 36 heavy (non-hydrogen) atoms. The summed E-state index contributed by atoms with van der Waals surface area (Å²) < 4.78 is 6.78. The molecule has 1 aromatic carbocycles. The summed E-state index contributed by atoms with van der Waals surface area (Å²) in [5.74, 6) is -2.17. The van der Waals surface area contributed by atoms with Gasteiger partial charge in [-0.05, 0) is 44.6 Å². The molecule has 8 nitrogen and oxygen atoms in total. The number of ether oxygens (including phenoxy) is 1. The quantitative estimate of drug-likeness (QED) is 0.434. The third-order valence-electron chi connectivity index (χ3n) is 8.50. The number of carbonyl (C=O) groups excluding carboxylic acids is 3. The number of nitrogens with zero attached hydrogens (tertiary/aromatic N) is 1. The van der Waals surface area contributed by atoms with Crippen LogP contribution in [-0.2, 0) is 19.1 Å². The van der Waals surface area contributed by atoms with Crippen molar-refractivity contribution in [1.82, 2.24) is 15.5 Å². The fraction of sp³-hybridized carbons (Fsp3) is 0.679. The van der Waals surface area contributed by atoms with E-state index in [0.29, 0.717) is 25.8 Å². The summed E-state index contributed by atoms with van der Waals surface area (Å²) in [7, 11) is 0. The first-order valence-electron chi connectivity index (χ1n) is 13.6. The first kappa shape index (κ1) is 26.6. The Kier molecular flexibility index (Phi) is 7.76. The Hall–Kier alpha value is -2.45. The second-order valence-electron chi connectivity index (χ2n) is 10.7. The van der Waals surface area contributed by atoms with Gasteiger partial charge in [0, 0.05) is 12.6 Å². The molecular weight excluding hydrogens is 458 g/mol. The fourth-order valence-corrected chi connectivity index (χ4v) is 6.90.